The molecule has 1 aromatic heterocycles. The number of carbonyl (C=O) groups is 1. The van der Waals surface area contributed by atoms with E-state index in [0.29, 0.717) is 0 Å². The zero-order chi connectivity index (χ0) is 11.1. The molecule has 4 heteroatoms. The normalized spacial score (nSPS) is 9.93. The minimum absolute atomic E-state index is 0.0271. The van der Waals surface area contributed by atoms with E-state index in [-0.39, 0.29) is 5.91 Å². The van der Waals surface area contributed by atoms with Gasteiger partial charge in [0.1, 0.15) is 0 Å². The molecule has 0 radical (unpaired) electrons. The second kappa shape index (κ2) is 6.37. The maximum Gasteiger partial charge on any atom is 0.221 e. The average molecular weight is 224 g/mol. The van der Waals surface area contributed by atoms with E-state index in [2.05, 4.69) is 17.2 Å². The molecule has 0 spiro atoms. The number of rotatable bonds is 6. The van der Waals surface area contributed by atoms with Crippen LogP contribution in [0, 0.1) is 0 Å². The van der Waals surface area contributed by atoms with Crippen molar-refractivity contribution >= 4 is 22.9 Å². The van der Waals surface area contributed by atoms with E-state index in [4.69, 9.17) is 0 Å². The molecule has 1 rings (SSSR count). The third-order valence-electron chi connectivity index (χ3n) is 1.87. The molecule has 2 N–H and O–H groups in total. The SMILES string of the molecule is C=CCCNCc1sccc1NC(C)=O. The Morgan fingerprint density at radius 3 is 3.13 bits per heavy atom. The third-order valence-corrected chi connectivity index (χ3v) is 2.79. The van der Waals surface area contributed by atoms with E-state index in [1.165, 1.54) is 6.92 Å². The van der Waals surface area contributed by atoms with Gasteiger partial charge in [0.2, 0.25) is 5.91 Å². The zero-order valence-corrected chi connectivity index (χ0v) is 9.69. The lowest BCUT2D eigenvalue weighted by Gasteiger charge is -2.05. The van der Waals surface area contributed by atoms with Gasteiger partial charge < -0.3 is 10.6 Å². The van der Waals surface area contributed by atoms with Gasteiger partial charge in [-0.05, 0) is 24.4 Å². The number of anilines is 1. The van der Waals surface area contributed by atoms with Crippen LogP contribution >= 0.6 is 11.3 Å². The number of hydrogen-bond donors (Lipinski definition) is 2. The fourth-order valence-corrected chi connectivity index (χ4v) is 1.98. The van der Waals surface area contributed by atoms with Crippen molar-refractivity contribution in [3.8, 4) is 0 Å². The molecule has 0 aliphatic carbocycles. The molecule has 0 aliphatic heterocycles. The summed E-state index contributed by atoms with van der Waals surface area (Å²) in [5, 5.41) is 8.08. The van der Waals surface area contributed by atoms with E-state index in [1.54, 1.807) is 11.3 Å². The first-order valence-electron chi connectivity index (χ1n) is 4.89. The van der Waals surface area contributed by atoms with E-state index in [0.717, 1.165) is 30.1 Å². The van der Waals surface area contributed by atoms with Crippen molar-refractivity contribution in [3.05, 3.63) is 29.0 Å². The highest BCUT2D eigenvalue weighted by Gasteiger charge is 2.04. The first-order valence-corrected chi connectivity index (χ1v) is 5.77. The van der Waals surface area contributed by atoms with Crippen LogP contribution in [0.15, 0.2) is 24.1 Å². The Morgan fingerprint density at radius 1 is 1.67 bits per heavy atom. The van der Waals surface area contributed by atoms with Gasteiger partial charge in [-0.15, -0.1) is 17.9 Å². The number of hydrogen-bond acceptors (Lipinski definition) is 3. The highest BCUT2D eigenvalue weighted by Crippen LogP contribution is 2.21. The van der Waals surface area contributed by atoms with Crippen molar-refractivity contribution in [2.45, 2.75) is 19.9 Å². The van der Waals surface area contributed by atoms with Gasteiger partial charge in [0, 0.05) is 18.3 Å². The van der Waals surface area contributed by atoms with Gasteiger partial charge in [0.05, 0.1) is 5.69 Å². The second-order valence-electron chi connectivity index (χ2n) is 3.19. The second-order valence-corrected chi connectivity index (χ2v) is 4.19. The van der Waals surface area contributed by atoms with Crippen molar-refractivity contribution in [2.24, 2.45) is 0 Å². The minimum Gasteiger partial charge on any atom is -0.325 e. The Labute approximate surface area is 94.2 Å². The lowest BCUT2D eigenvalue weighted by Crippen LogP contribution is -2.15. The molecule has 0 aliphatic rings. The summed E-state index contributed by atoms with van der Waals surface area (Å²) in [6.45, 7) is 6.89. The number of nitrogens with one attached hydrogen (secondary N) is 2. The molecule has 0 aromatic carbocycles. The number of carbonyl (C=O) groups excluding carboxylic acids is 1. The maximum absolute atomic E-state index is 10.9. The van der Waals surface area contributed by atoms with Crippen molar-refractivity contribution < 1.29 is 4.79 Å². The molecule has 3 nitrogen and oxygen atoms in total. The third kappa shape index (κ3) is 4.27. The zero-order valence-electron chi connectivity index (χ0n) is 8.88. The molecule has 0 fully saturated rings. The predicted molar refractivity (Wildman–Crippen MR) is 65.1 cm³/mol. The lowest BCUT2D eigenvalue weighted by atomic mass is 10.3. The largest absolute Gasteiger partial charge is 0.325 e. The molecule has 82 valence electrons. The van der Waals surface area contributed by atoms with Crippen LogP contribution in [-0.2, 0) is 11.3 Å². The summed E-state index contributed by atoms with van der Waals surface area (Å²) in [5.41, 5.74) is 0.915. The Hall–Kier alpha value is -1.13. The summed E-state index contributed by atoms with van der Waals surface area (Å²) in [5.74, 6) is -0.0271. The number of amides is 1. The van der Waals surface area contributed by atoms with E-state index in [9.17, 15) is 4.79 Å². The topological polar surface area (TPSA) is 41.1 Å². The van der Waals surface area contributed by atoms with Crippen molar-refractivity contribution in [2.75, 3.05) is 11.9 Å². The smallest absolute Gasteiger partial charge is 0.221 e. The summed E-state index contributed by atoms with van der Waals surface area (Å²) in [7, 11) is 0. The van der Waals surface area contributed by atoms with Gasteiger partial charge >= 0.3 is 0 Å². The summed E-state index contributed by atoms with van der Waals surface area (Å²) in [6.07, 6.45) is 2.84. The average Bonchev–Trinajstić information content (AvgIpc) is 2.59. The maximum atomic E-state index is 10.9. The van der Waals surface area contributed by atoms with E-state index >= 15 is 0 Å². The van der Waals surface area contributed by atoms with Gasteiger partial charge in [-0.1, -0.05) is 6.08 Å². The van der Waals surface area contributed by atoms with Crippen molar-refractivity contribution in [1.29, 1.82) is 0 Å². The van der Waals surface area contributed by atoms with Gasteiger partial charge in [-0.25, -0.2) is 0 Å². The van der Waals surface area contributed by atoms with Crippen LogP contribution in [0.1, 0.15) is 18.2 Å². The Morgan fingerprint density at radius 2 is 2.47 bits per heavy atom. The lowest BCUT2D eigenvalue weighted by molar-refractivity contribution is -0.114. The fourth-order valence-electron chi connectivity index (χ4n) is 1.18. The van der Waals surface area contributed by atoms with Gasteiger partial charge in [-0.3, -0.25) is 4.79 Å². The molecular formula is C11H16N2OS. The highest BCUT2D eigenvalue weighted by atomic mass is 32.1. The van der Waals surface area contributed by atoms with Gasteiger partial charge in [0.25, 0.3) is 0 Å². The number of thiophene rings is 1. The molecule has 0 saturated carbocycles. The van der Waals surface area contributed by atoms with Crippen LogP contribution in [-0.4, -0.2) is 12.5 Å². The van der Waals surface area contributed by atoms with Crippen molar-refractivity contribution in [1.82, 2.24) is 5.32 Å². The van der Waals surface area contributed by atoms with Crippen LogP contribution in [0.2, 0.25) is 0 Å². The van der Waals surface area contributed by atoms with Gasteiger partial charge in [0.15, 0.2) is 0 Å². The molecule has 1 amide bonds. The standard InChI is InChI=1S/C11H16N2OS/c1-3-4-6-12-8-11-10(5-7-15-11)13-9(2)14/h3,5,7,12H,1,4,6,8H2,2H3,(H,13,14). The van der Waals surface area contributed by atoms with Crippen LogP contribution in [0.5, 0.6) is 0 Å². The van der Waals surface area contributed by atoms with Crippen LogP contribution < -0.4 is 10.6 Å². The Kier molecular flexibility index (Phi) is 5.07. The first-order chi connectivity index (χ1) is 7.24. The quantitative estimate of drug-likeness (QED) is 0.575. The molecule has 0 unspecified atom stereocenters. The van der Waals surface area contributed by atoms with Crippen LogP contribution in [0.4, 0.5) is 5.69 Å². The fraction of sp³-hybridized carbons (Fsp3) is 0.364. The molecule has 1 aromatic rings. The van der Waals surface area contributed by atoms with Crippen molar-refractivity contribution in [3.63, 3.8) is 0 Å². The molecule has 15 heavy (non-hydrogen) atoms. The van der Waals surface area contributed by atoms with Crippen LogP contribution in [0.25, 0.3) is 0 Å². The Balaban J connectivity index is 2.42. The first kappa shape index (κ1) is 11.9. The molecule has 0 atom stereocenters. The predicted octanol–water partition coefficient (Wildman–Crippen LogP) is 2.37. The molecule has 1 heterocycles. The molecular weight excluding hydrogens is 208 g/mol. The van der Waals surface area contributed by atoms with E-state index in [1.807, 2.05) is 17.5 Å². The summed E-state index contributed by atoms with van der Waals surface area (Å²) < 4.78 is 0. The summed E-state index contributed by atoms with van der Waals surface area (Å²) >= 11 is 1.65. The molecule has 0 saturated heterocycles. The summed E-state index contributed by atoms with van der Waals surface area (Å²) in [4.78, 5) is 12.1. The Bertz CT molecular complexity index is 333. The molecule has 0 bridgehead atoms. The van der Waals surface area contributed by atoms with E-state index < -0.39 is 0 Å². The summed E-state index contributed by atoms with van der Waals surface area (Å²) in [6, 6.07) is 1.93. The monoisotopic (exact) mass is 224 g/mol. The van der Waals surface area contributed by atoms with Gasteiger partial charge in [-0.2, -0.15) is 0 Å². The highest BCUT2D eigenvalue weighted by molar-refractivity contribution is 7.10. The minimum atomic E-state index is -0.0271. The van der Waals surface area contributed by atoms with Crippen LogP contribution in [0.3, 0.4) is 0 Å².